The molecule has 1 aromatic carbocycles. The van der Waals surface area contributed by atoms with Crippen LogP contribution in [0, 0.1) is 5.82 Å². The van der Waals surface area contributed by atoms with Gasteiger partial charge in [0.1, 0.15) is 11.9 Å². The molecule has 5 heteroatoms. The van der Waals surface area contributed by atoms with Crippen LogP contribution in [-0.2, 0) is 4.79 Å². The van der Waals surface area contributed by atoms with Crippen LogP contribution in [0.15, 0.2) is 35.3 Å². The van der Waals surface area contributed by atoms with Crippen molar-refractivity contribution in [3.8, 4) is 0 Å². The second-order valence-corrected chi connectivity index (χ2v) is 4.38. The van der Waals surface area contributed by atoms with Gasteiger partial charge in [-0.15, -0.1) is 6.58 Å². The van der Waals surface area contributed by atoms with Crippen LogP contribution in [0.1, 0.15) is 6.92 Å². The van der Waals surface area contributed by atoms with Crippen LogP contribution in [0.2, 0.25) is 0 Å². The second-order valence-electron chi connectivity index (χ2n) is 3.52. The van der Waals surface area contributed by atoms with Gasteiger partial charge in [-0.3, -0.25) is 4.79 Å². The van der Waals surface area contributed by atoms with Gasteiger partial charge in [0, 0.05) is 16.7 Å². The summed E-state index contributed by atoms with van der Waals surface area (Å²) in [5.74, 6) is -0.465. The molecule has 0 aliphatic rings. The summed E-state index contributed by atoms with van der Waals surface area (Å²) in [7, 11) is 0. The Labute approximate surface area is 108 Å². The van der Waals surface area contributed by atoms with Crippen molar-refractivity contribution in [3.63, 3.8) is 0 Å². The maximum Gasteiger partial charge on any atom is 0.242 e. The molecule has 92 valence electrons. The molecule has 1 amide bonds. The Morgan fingerprint density at radius 3 is 2.94 bits per heavy atom. The number of halogens is 2. The summed E-state index contributed by atoms with van der Waals surface area (Å²) in [4.78, 5) is 11.6. The summed E-state index contributed by atoms with van der Waals surface area (Å²) in [6.07, 6.45) is 1.61. The van der Waals surface area contributed by atoms with Gasteiger partial charge in [-0.2, -0.15) is 0 Å². The summed E-state index contributed by atoms with van der Waals surface area (Å²) in [6, 6.07) is 3.85. The first-order valence-electron chi connectivity index (χ1n) is 5.14. The molecule has 0 spiro atoms. The van der Waals surface area contributed by atoms with E-state index >= 15 is 0 Å². The third-order valence-electron chi connectivity index (χ3n) is 2.12. The average Bonchev–Trinajstić information content (AvgIpc) is 2.29. The van der Waals surface area contributed by atoms with Crippen LogP contribution >= 0.6 is 15.9 Å². The molecule has 0 heterocycles. The topological polar surface area (TPSA) is 41.1 Å². The van der Waals surface area contributed by atoms with Gasteiger partial charge in [0.05, 0.1) is 0 Å². The number of carbonyl (C=O) groups is 1. The average molecular weight is 301 g/mol. The molecule has 0 bridgehead atoms. The molecule has 0 aliphatic carbocycles. The number of nitrogens with one attached hydrogen (secondary N) is 2. The monoisotopic (exact) mass is 300 g/mol. The maximum atomic E-state index is 12.9. The molecule has 2 N–H and O–H groups in total. The van der Waals surface area contributed by atoms with Crippen LogP contribution in [-0.4, -0.2) is 18.5 Å². The first kappa shape index (κ1) is 13.7. The van der Waals surface area contributed by atoms with Crippen LogP contribution in [0.5, 0.6) is 0 Å². The molecular weight excluding hydrogens is 287 g/mol. The molecule has 0 radical (unpaired) electrons. The first-order chi connectivity index (χ1) is 8.04. The molecule has 0 saturated heterocycles. The van der Waals surface area contributed by atoms with Crippen LogP contribution in [0.3, 0.4) is 0 Å². The zero-order valence-electron chi connectivity index (χ0n) is 9.47. The first-order valence-corrected chi connectivity index (χ1v) is 5.94. The Kier molecular flexibility index (Phi) is 5.15. The van der Waals surface area contributed by atoms with Crippen LogP contribution in [0.4, 0.5) is 10.1 Å². The quantitative estimate of drug-likeness (QED) is 0.821. The lowest BCUT2D eigenvalue weighted by Gasteiger charge is -2.15. The third kappa shape index (κ3) is 4.19. The summed E-state index contributed by atoms with van der Waals surface area (Å²) >= 11 is 3.23. The fraction of sp³-hybridized carbons (Fsp3) is 0.250. The Hall–Kier alpha value is -1.36. The molecule has 1 rings (SSSR count). The minimum Gasteiger partial charge on any atom is -0.373 e. The Morgan fingerprint density at radius 2 is 2.35 bits per heavy atom. The van der Waals surface area contributed by atoms with Gasteiger partial charge in [-0.05, 0) is 41.1 Å². The van der Waals surface area contributed by atoms with E-state index in [1.807, 2.05) is 0 Å². The van der Waals surface area contributed by atoms with Gasteiger partial charge in [0.15, 0.2) is 0 Å². The van der Waals surface area contributed by atoms with Crippen molar-refractivity contribution >= 4 is 27.5 Å². The van der Waals surface area contributed by atoms with Crippen molar-refractivity contribution < 1.29 is 9.18 Å². The molecular formula is C12H14BrFN2O. The molecule has 1 atom stereocenters. The number of benzene rings is 1. The van der Waals surface area contributed by atoms with Crippen molar-refractivity contribution in [2.45, 2.75) is 13.0 Å². The van der Waals surface area contributed by atoms with E-state index < -0.39 is 6.04 Å². The lowest BCUT2D eigenvalue weighted by molar-refractivity contribution is -0.121. The minimum atomic E-state index is -0.406. The summed E-state index contributed by atoms with van der Waals surface area (Å²) < 4.78 is 13.4. The largest absolute Gasteiger partial charge is 0.373 e. The highest BCUT2D eigenvalue weighted by molar-refractivity contribution is 9.10. The van der Waals surface area contributed by atoms with Crippen LogP contribution in [0.25, 0.3) is 0 Å². The van der Waals surface area contributed by atoms with E-state index in [0.717, 1.165) is 0 Å². The van der Waals surface area contributed by atoms with Gasteiger partial charge in [0.25, 0.3) is 0 Å². The fourth-order valence-corrected chi connectivity index (χ4v) is 1.70. The zero-order valence-corrected chi connectivity index (χ0v) is 11.1. The third-order valence-corrected chi connectivity index (χ3v) is 2.77. The number of anilines is 1. The van der Waals surface area contributed by atoms with Crippen molar-refractivity contribution in [2.24, 2.45) is 0 Å². The summed E-state index contributed by atoms with van der Waals surface area (Å²) in [5, 5.41) is 5.66. The van der Waals surface area contributed by atoms with Gasteiger partial charge in [0.2, 0.25) is 5.91 Å². The summed E-state index contributed by atoms with van der Waals surface area (Å²) in [5.41, 5.74) is 0.674. The number of carbonyl (C=O) groups excluding carboxylic acids is 1. The van der Waals surface area contributed by atoms with E-state index in [9.17, 15) is 9.18 Å². The van der Waals surface area contributed by atoms with Crippen molar-refractivity contribution in [1.29, 1.82) is 0 Å². The van der Waals surface area contributed by atoms with E-state index in [1.165, 1.54) is 12.1 Å². The smallest absolute Gasteiger partial charge is 0.242 e. The van der Waals surface area contributed by atoms with Gasteiger partial charge >= 0.3 is 0 Å². The summed E-state index contributed by atoms with van der Waals surface area (Å²) in [6.45, 7) is 5.67. The van der Waals surface area contributed by atoms with E-state index in [-0.39, 0.29) is 11.7 Å². The van der Waals surface area contributed by atoms with Crippen molar-refractivity contribution in [2.75, 3.05) is 11.9 Å². The zero-order chi connectivity index (χ0) is 12.8. The van der Waals surface area contributed by atoms with E-state index in [2.05, 4.69) is 33.1 Å². The molecule has 0 saturated carbocycles. The molecule has 0 aromatic heterocycles. The lowest BCUT2D eigenvalue weighted by atomic mass is 10.2. The molecule has 0 fully saturated rings. The lowest BCUT2D eigenvalue weighted by Crippen LogP contribution is -2.37. The van der Waals surface area contributed by atoms with Gasteiger partial charge in [-0.25, -0.2) is 4.39 Å². The molecule has 3 nitrogen and oxygen atoms in total. The number of hydrogen-bond donors (Lipinski definition) is 2. The highest BCUT2D eigenvalue weighted by Gasteiger charge is 2.12. The predicted molar refractivity (Wildman–Crippen MR) is 70.4 cm³/mol. The Morgan fingerprint density at radius 1 is 1.65 bits per heavy atom. The van der Waals surface area contributed by atoms with Gasteiger partial charge in [-0.1, -0.05) is 6.08 Å². The van der Waals surface area contributed by atoms with Gasteiger partial charge < -0.3 is 10.6 Å². The van der Waals surface area contributed by atoms with E-state index in [0.29, 0.717) is 16.7 Å². The number of hydrogen-bond acceptors (Lipinski definition) is 2. The normalized spacial score (nSPS) is 11.7. The highest BCUT2D eigenvalue weighted by atomic mass is 79.9. The Balaban J connectivity index is 2.64. The number of amides is 1. The standard InChI is InChI=1S/C12H14BrFN2O/c1-3-6-15-12(17)8(2)16-11-5-4-9(14)7-10(11)13/h3-5,7-8,16H,1,6H2,2H3,(H,15,17). The van der Waals surface area contributed by atoms with Crippen LogP contribution < -0.4 is 10.6 Å². The Bertz CT molecular complexity index is 423. The molecule has 0 aliphatic heterocycles. The van der Waals surface area contributed by atoms with E-state index in [4.69, 9.17) is 0 Å². The minimum absolute atomic E-state index is 0.138. The SMILES string of the molecule is C=CCNC(=O)C(C)Nc1ccc(F)cc1Br. The highest BCUT2D eigenvalue weighted by Crippen LogP contribution is 2.23. The van der Waals surface area contributed by atoms with Crippen molar-refractivity contribution in [3.05, 3.63) is 41.1 Å². The second kappa shape index (κ2) is 6.39. The number of rotatable bonds is 5. The molecule has 1 aromatic rings. The maximum absolute atomic E-state index is 12.9. The fourth-order valence-electron chi connectivity index (χ4n) is 1.23. The van der Waals surface area contributed by atoms with E-state index in [1.54, 1.807) is 19.1 Å². The van der Waals surface area contributed by atoms with Crippen molar-refractivity contribution in [1.82, 2.24) is 5.32 Å². The molecule has 17 heavy (non-hydrogen) atoms. The molecule has 1 unspecified atom stereocenters. The predicted octanol–water partition coefficient (Wildman–Crippen LogP) is 2.69.